The fourth-order valence-corrected chi connectivity index (χ4v) is 3.30. The van der Waals surface area contributed by atoms with Gasteiger partial charge in [0.25, 0.3) is 0 Å². The quantitative estimate of drug-likeness (QED) is 0.698. The highest BCUT2D eigenvalue weighted by molar-refractivity contribution is 9.09. The fraction of sp³-hybridized carbons (Fsp3) is 0.538. The maximum absolute atomic E-state index is 5.85. The van der Waals surface area contributed by atoms with Gasteiger partial charge in [0, 0.05) is 9.85 Å². The van der Waals surface area contributed by atoms with Gasteiger partial charge in [0.2, 0.25) is 0 Å². The molecule has 15 heavy (non-hydrogen) atoms. The molecular formula is C13H16BrCl. The topological polar surface area (TPSA) is 0 Å². The van der Waals surface area contributed by atoms with Gasteiger partial charge in [0.15, 0.2) is 0 Å². The number of hydrogen-bond acceptors (Lipinski definition) is 0. The lowest BCUT2D eigenvalue weighted by Crippen LogP contribution is -2.07. The highest BCUT2D eigenvalue weighted by atomic mass is 79.9. The van der Waals surface area contributed by atoms with Crippen LogP contribution in [0.3, 0.4) is 0 Å². The van der Waals surface area contributed by atoms with Gasteiger partial charge in [-0.1, -0.05) is 46.1 Å². The number of benzene rings is 1. The van der Waals surface area contributed by atoms with Crippen molar-refractivity contribution < 1.29 is 0 Å². The Morgan fingerprint density at radius 3 is 2.53 bits per heavy atom. The van der Waals surface area contributed by atoms with Crippen LogP contribution in [0.1, 0.15) is 31.2 Å². The molecule has 0 heterocycles. The summed E-state index contributed by atoms with van der Waals surface area (Å²) in [6.07, 6.45) is 6.62. The molecule has 0 aromatic heterocycles. The van der Waals surface area contributed by atoms with Crippen molar-refractivity contribution in [1.29, 1.82) is 0 Å². The van der Waals surface area contributed by atoms with Crippen LogP contribution in [0.15, 0.2) is 24.3 Å². The van der Waals surface area contributed by atoms with Crippen LogP contribution in [0.5, 0.6) is 0 Å². The number of alkyl halides is 1. The lowest BCUT2D eigenvalue weighted by Gasteiger charge is -2.13. The van der Waals surface area contributed by atoms with Crippen molar-refractivity contribution in [2.45, 2.75) is 36.9 Å². The molecule has 0 saturated heterocycles. The zero-order valence-electron chi connectivity index (χ0n) is 8.76. The van der Waals surface area contributed by atoms with Crippen LogP contribution >= 0.6 is 27.5 Å². The van der Waals surface area contributed by atoms with E-state index in [0.717, 1.165) is 15.8 Å². The van der Waals surface area contributed by atoms with Gasteiger partial charge in [-0.25, -0.2) is 0 Å². The summed E-state index contributed by atoms with van der Waals surface area (Å²) in [5, 5.41) is 0.831. The largest absolute Gasteiger partial charge is 0.0888 e. The van der Waals surface area contributed by atoms with Crippen molar-refractivity contribution in [2.75, 3.05) is 0 Å². The van der Waals surface area contributed by atoms with Crippen molar-refractivity contribution in [3.05, 3.63) is 34.9 Å². The van der Waals surface area contributed by atoms with Crippen molar-refractivity contribution in [3.63, 3.8) is 0 Å². The van der Waals surface area contributed by atoms with E-state index >= 15 is 0 Å². The van der Waals surface area contributed by atoms with Crippen LogP contribution < -0.4 is 0 Å². The van der Waals surface area contributed by atoms with Gasteiger partial charge >= 0.3 is 0 Å². The highest BCUT2D eigenvalue weighted by Gasteiger charge is 2.24. The Balaban J connectivity index is 1.85. The van der Waals surface area contributed by atoms with E-state index in [4.69, 9.17) is 11.6 Å². The first-order chi connectivity index (χ1) is 7.25. The second-order valence-corrected chi connectivity index (χ2v) is 5.98. The summed E-state index contributed by atoms with van der Waals surface area (Å²) in [7, 11) is 0. The lowest BCUT2D eigenvalue weighted by atomic mass is 9.98. The highest BCUT2D eigenvalue weighted by Crippen LogP contribution is 2.34. The summed E-state index contributed by atoms with van der Waals surface area (Å²) < 4.78 is 0. The molecule has 2 heteroatoms. The first kappa shape index (κ1) is 11.5. The predicted octanol–water partition coefficient (Wildman–Crippen LogP) is 4.84. The van der Waals surface area contributed by atoms with Gasteiger partial charge in [0.1, 0.15) is 0 Å². The van der Waals surface area contributed by atoms with Crippen LogP contribution in [-0.2, 0) is 6.42 Å². The van der Waals surface area contributed by atoms with E-state index in [1.165, 1.54) is 37.7 Å². The summed E-state index contributed by atoms with van der Waals surface area (Å²) in [5.74, 6) is 0.876. The molecule has 2 atom stereocenters. The smallest absolute Gasteiger partial charge is 0.0406 e. The molecule has 1 aliphatic rings. The van der Waals surface area contributed by atoms with E-state index in [1.807, 2.05) is 12.1 Å². The molecule has 0 bridgehead atoms. The molecule has 0 aliphatic heterocycles. The molecular weight excluding hydrogens is 272 g/mol. The average molecular weight is 288 g/mol. The van der Waals surface area contributed by atoms with Crippen LogP contribution in [0.4, 0.5) is 0 Å². The predicted molar refractivity (Wildman–Crippen MR) is 69.8 cm³/mol. The third-order valence-electron chi connectivity index (χ3n) is 3.28. The van der Waals surface area contributed by atoms with E-state index in [-0.39, 0.29) is 0 Å². The van der Waals surface area contributed by atoms with Gasteiger partial charge in [-0.15, -0.1) is 0 Å². The fourth-order valence-electron chi connectivity index (χ4n) is 2.32. The molecule has 1 fully saturated rings. The summed E-state index contributed by atoms with van der Waals surface area (Å²) in [6.45, 7) is 0. The van der Waals surface area contributed by atoms with Gasteiger partial charge in [-0.05, 0) is 49.3 Å². The van der Waals surface area contributed by atoms with E-state index in [1.54, 1.807) is 0 Å². The Kier molecular flexibility index (Phi) is 4.10. The number of aryl methyl sites for hydroxylation is 1. The molecule has 1 aliphatic carbocycles. The zero-order valence-corrected chi connectivity index (χ0v) is 11.1. The van der Waals surface area contributed by atoms with Gasteiger partial charge in [-0.3, -0.25) is 0 Å². The summed E-state index contributed by atoms with van der Waals surface area (Å²) >= 11 is 9.62. The second-order valence-electron chi connectivity index (χ2n) is 4.37. The Morgan fingerprint density at radius 2 is 1.93 bits per heavy atom. The minimum absolute atomic E-state index is 0.754. The number of rotatable bonds is 3. The Hall–Kier alpha value is -0.0100. The van der Waals surface area contributed by atoms with Crippen molar-refractivity contribution in [2.24, 2.45) is 5.92 Å². The molecule has 1 aromatic rings. The van der Waals surface area contributed by atoms with Gasteiger partial charge < -0.3 is 0 Å². The van der Waals surface area contributed by atoms with Crippen molar-refractivity contribution in [3.8, 4) is 0 Å². The SMILES string of the molecule is Clc1ccc(CCC2CCCC2Br)cc1. The Labute approximate surface area is 105 Å². The van der Waals surface area contributed by atoms with E-state index < -0.39 is 0 Å². The summed E-state index contributed by atoms with van der Waals surface area (Å²) in [4.78, 5) is 0.754. The molecule has 0 amide bonds. The van der Waals surface area contributed by atoms with Crippen LogP contribution in [0.2, 0.25) is 5.02 Å². The lowest BCUT2D eigenvalue weighted by molar-refractivity contribution is 0.518. The average Bonchev–Trinajstić information content (AvgIpc) is 2.63. The zero-order chi connectivity index (χ0) is 10.7. The molecule has 2 rings (SSSR count). The van der Waals surface area contributed by atoms with Crippen molar-refractivity contribution >= 4 is 27.5 Å². The van der Waals surface area contributed by atoms with E-state index in [2.05, 4.69) is 28.1 Å². The number of halogens is 2. The first-order valence-electron chi connectivity index (χ1n) is 5.64. The van der Waals surface area contributed by atoms with Gasteiger partial charge in [-0.2, -0.15) is 0 Å². The molecule has 82 valence electrons. The normalized spacial score (nSPS) is 25.7. The third-order valence-corrected chi connectivity index (χ3v) is 4.74. The molecule has 0 N–H and O–H groups in total. The van der Waals surface area contributed by atoms with Crippen LogP contribution in [0.25, 0.3) is 0 Å². The molecule has 1 saturated carbocycles. The van der Waals surface area contributed by atoms with Gasteiger partial charge in [0.05, 0.1) is 0 Å². The maximum atomic E-state index is 5.85. The van der Waals surface area contributed by atoms with E-state index in [0.29, 0.717) is 0 Å². The Morgan fingerprint density at radius 1 is 1.20 bits per heavy atom. The molecule has 2 unspecified atom stereocenters. The minimum atomic E-state index is 0.754. The molecule has 1 aromatic carbocycles. The third kappa shape index (κ3) is 3.22. The van der Waals surface area contributed by atoms with Crippen LogP contribution in [0, 0.1) is 5.92 Å². The monoisotopic (exact) mass is 286 g/mol. The molecule has 0 nitrogen and oxygen atoms in total. The standard InChI is InChI=1S/C13H16BrCl/c14-13-3-1-2-11(13)7-4-10-5-8-12(15)9-6-10/h5-6,8-9,11,13H,1-4,7H2. The van der Waals surface area contributed by atoms with E-state index in [9.17, 15) is 0 Å². The summed E-state index contributed by atoms with van der Waals surface area (Å²) in [5.41, 5.74) is 1.41. The molecule has 0 radical (unpaired) electrons. The van der Waals surface area contributed by atoms with Crippen LogP contribution in [-0.4, -0.2) is 4.83 Å². The minimum Gasteiger partial charge on any atom is -0.0888 e. The summed E-state index contributed by atoms with van der Waals surface area (Å²) in [6, 6.07) is 8.25. The molecule has 0 spiro atoms. The maximum Gasteiger partial charge on any atom is 0.0406 e. The van der Waals surface area contributed by atoms with Crippen molar-refractivity contribution in [1.82, 2.24) is 0 Å². The first-order valence-corrected chi connectivity index (χ1v) is 6.93. The number of hydrogen-bond donors (Lipinski definition) is 0. The Bertz CT molecular complexity index is 307. The second kappa shape index (κ2) is 5.36.